The van der Waals surface area contributed by atoms with E-state index < -0.39 is 0 Å². The summed E-state index contributed by atoms with van der Waals surface area (Å²) in [4.78, 5) is 11.6. The summed E-state index contributed by atoms with van der Waals surface area (Å²) in [7, 11) is 3.12. The number of ether oxygens (including phenoxy) is 2. The van der Waals surface area contributed by atoms with E-state index in [0.717, 1.165) is 5.56 Å². The highest BCUT2D eigenvalue weighted by molar-refractivity contribution is 6.02. The highest BCUT2D eigenvalue weighted by Crippen LogP contribution is 2.39. The summed E-state index contributed by atoms with van der Waals surface area (Å²) in [6, 6.07) is 3.21. The zero-order chi connectivity index (χ0) is 11.0. The lowest BCUT2D eigenvalue weighted by Gasteiger charge is -2.11. The molecule has 2 N–H and O–H groups in total. The van der Waals surface area contributed by atoms with Crippen molar-refractivity contribution < 1.29 is 14.3 Å². The normalized spacial score (nSPS) is 18.9. The minimum Gasteiger partial charge on any atom is -0.497 e. The highest BCUT2D eigenvalue weighted by Gasteiger charge is 2.30. The standard InChI is InChI=1S/C11H13NO3/c1-14-6-3-7-9(13)5-8(12)11(7)10(4-6)15-2/h3-4,8H,5,12H2,1-2H3. The maximum absolute atomic E-state index is 11.6. The zero-order valence-corrected chi connectivity index (χ0v) is 8.74. The topological polar surface area (TPSA) is 61.5 Å². The van der Waals surface area contributed by atoms with E-state index in [-0.39, 0.29) is 11.8 Å². The molecule has 0 heterocycles. The molecule has 0 spiro atoms. The van der Waals surface area contributed by atoms with E-state index >= 15 is 0 Å². The number of carbonyl (C=O) groups excluding carboxylic acids is 1. The van der Waals surface area contributed by atoms with E-state index in [2.05, 4.69) is 0 Å². The summed E-state index contributed by atoms with van der Waals surface area (Å²) in [5.41, 5.74) is 7.28. The van der Waals surface area contributed by atoms with Crippen LogP contribution in [0.2, 0.25) is 0 Å². The van der Waals surface area contributed by atoms with Crippen molar-refractivity contribution in [2.45, 2.75) is 12.5 Å². The fourth-order valence-corrected chi connectivity index (χ4v) is 1.91. The number of fused-ring (bicyclic) bond motifs is 1. The van der Waals surface area contributed by atoms with Crippen molar-refractivity contribution in [3.05, 3.63) is 23.3 Å². The van der Waals surface area contributed by atoms with Crippen LogP contribution in [0.3, 0.4) is 0 Å². The first-order valence-corrected chi connectivity index (χ1v) is 4.72. The summed E-state index contributed by atoms with van der Waals surface area (Å²) >= 11 is 0. The molecular formula is C11H13NO3. The van der Waals surface area contributed by atoms with E-state index in [0.29, 0.717) is 23.5 Å². The number of ketones is 1. The molecule has 0 aromatic heterocycles. The molecule has 1 unspecified atom stereocenters. The fraction of sp³-hybridized carbons (Fsp3) is 0.364. The predicted molar refractivity (Wildman–Crippen MR) is 55.4 cm³/mol. The molecule has 1 aliphatic carbocycles. The number of carbonyl (C=O) groups is 1. The molecular weight excluding hydrogens is 194 g/mol. The van der Waals surface area contributed by atoms with Crippen LogP contribution in [0.5, 0.6) is 11.5 Å². The van der Waals surface area contributed by atoms with Crippen molar-refractivity contribution in [1.29, 1.82) is 0 Å². The quantitative estimate of drug-likeness (QED) is 0.793. The molecule has 4 heteroatoms. The Labute approximate surface area is 88.0 Å². The van der Waals surface area contributed by atoms with Gasteiger partial charge in [0, 0.05) is 29.7 Å². The summed E-state index contributed by atoms with van der Waals surface area (Å²) in [6.07, 6.45) is 0.346. The molecule has 0 aliphatic heterocycles. The van der Waals surface area contributed by atoms with Crippen LogP contribution >= 0.6 is 0 Å². The third-order valence-corrected chi connectivity index (χ3v) is 2.65. The van der Waals surface area contributed by atoms with E-state index in [1.54, 1.807) is 26.4 Å². The number of methoxy groups -OCH3 is 2. The van der Waals surface area contributed by atoms with Gasteiger partial charge in [0.2, 0.25) is 0 Å². The number of benzene rings is 1. The smallest absolute Gasteiger partial charge is 0.165 e. The number of rotatable bonds is 2. The molecule has 1 aliphatic rings. The van der Waals surface area contributed by atoms with Gasteiger partial charge in [-0.2, -0.15) is 0 Å². The lowest BCUT2D eigenvalue weighted by atomic mass is 10.1. The Morgan fingerprint density at radius 1 is 1.33 bits per heavy atom. The molecule has 0 saturated carbocycles. The molecule has 0 amide bonds. The molecule has 0 radical (unpaired) electrons. The molecule has 0 bridgehead atoms. The minimum absolute atomic E-state index is 0.0506. The molecule has 0 saturated heterocycles. The average molecular weight is 207 g/mol. The Morgan fingerprint density at radius 3 is 2.67 bits per heavy atom. The Balaban J connectivity index is 2.62. The van der Waals surface area contributed by atoms with Gasteiger partial charge in [-0.25, -0.2) is 0 Å². The Bertz CT molecular complexity index is 415. The summed E-state index contributed by atoms with van der Waals surface area (Å²) in [6.45, 7) is 0. The summed E-state index contributed by atoms with van der Waals surface area (Å²) in [5, 5.41) is 0. The van der Waals surface area contributed by atoms with Crippen molar-refractivity contribution >= 4 is 5.78 Å². The van der Waals surface area contributed by atoms with Crippen LogP contribution in [-0.4, -0.2) is 20.0 Å². The van der Waals surface area contributed by atoms with Gasteiger partial charge in [0.25, 0.3) is 0 Å². The van der Waals surface area contributed by atoms with E-state index in [1.165, 1.54) is 0 Å². The third kappa shape index (κ3) is 1.47. The largest absolute Gasteiger partial charge is 0.497 e. The van der Waals surface area contributed by atoms with Crippen LogP contribution < -0.4 is 15.2 Å². The minimum atomic E-state index is -0.256. The van der Waals surface area contributed by atoms with Crippen LogP contribution in [0.1, 0.15) is 28.4 Å². The second-order valence-corrected chi connectivity index (χ2v) is 3.52. The predicted octanol–water partition coefficient (Wildman–Crippen LogP) is 1.29. The van der Waals surface area contributed by atoms with Gasteiger partial charge < -0.3 is 15.2 Å². The van der Waals surface area contributed by atoms with Gasteiger partial charge in [-0.1, -0.05) is 0 Å². The molecule has 0 fully saturated rings. The second-order valence-electron chi connectivity index (χ2n) is 3.52. The van der Waals surface area contributed by atoms with Crippen molar-refractivity contribution in [2.24, 2.45) is 5.73 Å². The fourth-order valence-electron chi connectivity index (χ4n) is 1.91. The highest BCUT2D eigenvalue weighted by atomic mass is 16.5. The Morgan fingerprint density at radius 2 is 2.07 bits per heavy atom. The molecule has 15 heavy (non-hydrogen) atoms. The van der Waals surface area contributed by atoms with Gasteiger partial charge >= 0.3 is 0 Å². The average Bonchev–Trinajstić information content (AvgIpc) is 2.53. The molecule has 1 aromatic carbocycles. The number of hydrogen-bond donors (Lipinski definition) is 1. The SMILES string of the molecule is COc1cc(OC)c2c(c1)C(=O)CC2N. The van der Waals surface area contributed by atoms with Gasteiger partial charge in [-0.15, -0.1) is 0 Å². The maximum Gasteiger partial charge on any atom is 0.165 e. The first-order valence-electron chi connectivity index (χ1n) is 4.72. The monoisotopic (exact) mass is 207 g/mol. The Hall–Kier alpha value is -1.55. The van der Waals surface area contributed by atoms with Crippen molar-refractivity contribution in [3.8, 4) is 11.5 Å². The molecule has 80 valence electrons. The molecule has 4 nitrogen and oxygen atoms in total. The summed E-state index contributed by atoms with van der Waals surface area (Å²) < 4.78 is 10.3. The van der Waals surface area contributed by atoms with Crippen LogP contribution in [-0.2, 0) is 0 Å². The number of hydrogen-bond acceptors (Lipinski definition) is 4. The lowest BCUT2D eigenvalue weighted by Crippen LogP contribution is -2.07. The van der Waals surface area contributed by atoms with Crippen molar-refractivity contribution in [1.82, 2.24) is 0 Å². The second kappa shape index (κ2) is 3.55. The first-order chi connectivity index (χ1) is 7.17. The third-order valence-electron chi connectivity index (χ3n) is 2.65. The summed E-state index contributed by atoms with van der Waals surface area (Å²) in [5.74, 6) is 1.30. The zero-order valence-electron chi connectivity index (χ0n) is 8.74. The van der Waals surface area contributed by atoms with Crippen LogP contribution in [0.4, 0.5) is 0 Å². The van der Waals surface area contributed by atoms with Crippen LogP contribution in [0.25, 0.3) is 0 Å². The molecule has 1 atom stereocenters. The Kier molecular flexibility index (Phi) is 2.36. The first kappa shape index (κ1) is 9.98. The van der Waals surface area contributed by atoms with Gasteiger partial charge in [-0.3, -0.25) is 4.79 Å². The van der Waals surface area contributed by atoms with Crippen molar-refractivity contribution in [3.63, 3.8) is 0 Å². The number of nitrogens with two attached hydrogens (primary N) is 1. The van der Waals surface area contributed by atoms with Crippen LogP contribution in [0, 0.1) is 0 Å². The molecule has 2 rings (SSSR count). The van der Waals surface area contributed by atoms with Gasteiger partial charge in [0.1, 0.15) is 11.5 Å². The van der Waals surface area contributed by atoms with Gasteiger partial charge in [0.15, 0.2) is 5.78 Å². The molecule has 1 aromatic rings. The van der Waals surface area contributed by atoms with Crippen molar-refractivity contribution in [2.75, 3.05) is 14.2 Å². The van der Waals surface area contributed by atoms with Gasteiger partial charge in [-0.05, 0) is 6.07 Å². The lowest BCUT2D eigenvalue weighted by molar-refractivity contribution is 0.0989. The maximum atomic E-state index is 11.6. The van der Waals surface area contributed by atoms with E-state index in [1.807, 2.05) is 0 Å². The van der Waals surface area contributed by atoms with Crippen LogP contribution in [0.15, 0.2) is 12.1 Å². The van der Waals surface area contributed by atoms with E-state index in [4.69, 9.17) is 15.2 Å². The van der Waals surface area contributed by atoms with Gasteiger partial charge in [0.05, 0.1) is 14.2 Å². The van der Waals surface area contributed by atoms with E-state index in [9.17, 15) is 4.79 Å². The number of Topliss-reactive ketones (excluding diaryl/α,β-unsaturated/α-hetero) is 1.